The third-order valence-electron chi connectivity index (χ3n) is 1.89. The molecule has 1 aromatic rings. The number of methoxy groups -OCH3 is 1. The molecule has 0 unspecified atom stereocenters. The highest BCUT2D eigenvalue weighted by molar-refractivity contribution is 5.54. The Hall–Kier alpha value is -2.06. The van der Waals surface area contributed by atoms with Gasteiger partial charge in [0.2, 0.25) is 0 Å². The number of rotatable bonds is 3. The number of benzene rings is 1. The van der Waals surface area contributed by atoms with Crippen LogP contribution in [0.2, 0.25) is 0 Å². The van der Waals surface area contributed by atoms with Crippen LogP contribution in [0.1, 0.15) is 5.56 Å². The van der Waals surface area contributed by atoms with E-state index in [2.05, 4.69) is 17.2 Å². The molecule has 0 atom stereocenters. The minimum atomic E-state index is -0.466. The molecule has 1 aromatic carbocycles. The van der Waals surface area contributed by atoms with E-state index in [1.165, 1.54) is 13.2 Å². The summed E-state index contributed by atoms with van der Waals surface area (Å²) in [5.41, 5.74) is 0.351. The summed E-state index contributed by atoms with van der Waals surface area (Å²) in [6.45, 7) is 0.489. The fourth-order valence-electron chi connectivity index (χ4n) is 1.12. The molecular weight excluding hydrogens is 208 g/mol. The van der Waals surface area contributed by atoms with E-state index in [4.69, 9.17) is 4.74 Å². The molecule has 1 N–H and O–H groups in total. The van der Waals surface area contributed by atoms with Gasteiger partial charge in [0.25, 0.3) is 5.69 Å². The molecule has 5 heteroatoms. The van der Waals surface area contributed by atoms with Crippen LogP contribution in [0.4, 0.5) is 5.69 Å². The van der Waals surface area contributed by atoms with Crippen LogP contribution < -0.4 is 10.1 Å². The van der Waals surface area contributed by atoms with Gasteiger partial charge >= 0.3 is 0 Å². The monoisotopic (exact) mass is 220 g/mol. The van der Waals surface area contributed by atoms with Crippen LogP contribution in [-0.2, 0) is 0 Å². The van der Waals surface area contributed by atoms with Gasteiger partial charge in [-0.05, 0) is 19.2 Å². The zero-order valence-electron chi connectivity index (χ0n) is 9.11. The number of hydrogen-bond acceptors (Lipinski definition) is 4. The molecule has 0 aromatic heterocycles. The maximum Gasteiger partial charge on any atom is 0.288 e. The standard InChI is InChI=1S/C11H12N2O3/c1-12-7-3-4-9-5-6-10(16-2)8-11(9)13(14)15/h5-6,8,12H,7H2,1-2H3. The first-order valence-corrected chi connectivity index (χ1v) is 4.65. The predicted molar refractivity (Wildman–Crippen MR) is 60.5 cm³/mol. The van der Waals surface area contributed by atoms with Gasteiger partial charge in [-0.2, -0.15) is 0 Å². The fraction of sp³-hybridized carbons (Fsp3) is 0.273. The molecule has 0 bridgehead atoms. The van der Waals surface area contributed by atoms with E-state index >= 15 is 0 Å². The van der Waals surface area contributed by atoms with E-state index in [0.717, 1.165) is 0 Å². The van der Waals surface area contributed by atoms with Crippen molar-refractivity contribution in [1.29, 1.82) is 0 Å². The van der Waals surface area contributed by atoms with E-state index < -0.39 is 4.92 Å². The predicted octanol–water partition coefficient (Wildman–Crippen LogP) is 1.17. The minimum absolute atomic E-state index is 0.0389. The molecule has 0 aliphatic heterocycles. The molecular formula is C11H12N2O3. The van der Waals surface area contributed by atoms with Gasteiger partial charge in [-0.1, -0.05) is 11.8 Å². The molecule has 84 valence electrons. The summed E-state index contributed by atoms with van der Waals surface area (Å²) >= 11 is 0. The van der Waals surface area contributed by atoms with Gasteiger partial charge in [0.1, 0.15) is 11.3 Å². The summed E-state index contributed by atoms with van der Waals surface area (Å²) in [6, 6.07) is 4.60. The van der Waals surface area contributed by atoms with Gasteiger partial charge in [-0.25, -0.2) is 0 Å². The van der Waals surface area contributed by atoms with Crippen LogP contribution in [0.15, 0.2) is 18.2 Å². The average Bonchev–Trinajstić information content (AvgIpc) is 2.29. The molecule has 0 saturated heterocycles. The third-order valence-corrected chi connectivity index (χ3v) is 1.89. The van der Waals surface area contributed by atoms with Gasteiger partial charge in [0.15, 0.2) is 0 Å². The Kier molecular flexibility index (Phi) is 4.30. The second-order valence-electron chi connectivity index (χ2n) is 2.97. The molecule has 0 saturated carbocycles. The van der Waals surface area contributed by atoms with Crippen molar-refractivity contribution in [1.82, 2.24) is 5.32 Å². The fourth-order valence-corrected chi connectivity index (χ4v) is 1.12. The highest BCUT2D eigenvalue weighted by Crippen LogP contribution is 2.23. The smallest absolute Gasteiger partial charge is 0.288 e. The summed E-state index contributed by atoms with van der Waals surface area (Å²) in [7, 11) is 3.22. The Balaban J connectivity index is 3.09. The van der Waals surface area contributed by atoms with E-state index in [1.54, 1.807) is 19.2 Å². The number of nitro groups is 1. The molecule has 0 spiro atoms. The molecule has 1 rings (SSSR count). The molecule has 0 radical (unpaired) electrons. The Morgan fingerprint density at radius 3 is 2.88 bits per heavy atom. The van der Waals surface area contributed by atoms with E-state index in [-0.39, 0.29) is 5.69 Å². The summed E-state index contributed by atoms with van der Waals surface area (Å²) in [4.78, 5) is 10.3. The first kappa shape index (κ1) is 12.0. The van der Waals surface area contributed by atoms with Gasteiger partial charge < -0.3 is 10.1 Å². The van der Waals surface area contributed by atoms with Crippen molar-refractivity contribution in [3.8, 4) is 17.6 Å². The van der Waals surface area contributed by atoms with Crippen LogP contribution in [-0.4, -0.2) is 25.6 Å². The molecule has 0 heterocycles. The van der Waals surface area contributed by atoms with Gasteiger partial charge in [-0.3, -0.25) is 10.1 Å². The lowest BCUT2D eigenvalue weighted by Crippen LogP contribution is -2.04. The van der Waals surface area contributed by atoms with Crippen molar-refractivity contribution in [3.05, 3.63) is 33.9 Å². The van der Waals surface area contributed by atoms with E-state index in [0.29, 0.717) is 17.9 Å². The maximum atomic E-state index is 10.8. The van der Waals surface area contributed by atoms with Crippen molar-refractivity contribution < 1.29 is 9.66 Å². The highest BCUT2D eigenvalue weighted by Gasteiger charge is 2.12. The Bertz CT molecular complexity index is 446. The zero-order valence-corrected chi connectivity index (χ0v) is 9.11. The minimum Gasteiger partial charge on any atom is -0.497 e. The van der Waals surface area contributed by atoms with Gasteiger partial charge in [-0.15, -0.1) is 0 Å². The molecule has 16 heavy (non-hydrogen) atoms. The van der Waals surface area contributed by atoms with Crippen molar-refractivity contribution in [2.45, 2.75) is 0 Å². The number of ether oxygens (including phenoxy) is 1. The van der Waals surface area contributed by atoms with Gasteiger partial charge in [0.05, 0.1) is 24.6 Å². The molecule has 0 aliphatic rings. The van der Waals surface area contributed by atoms with Crippen LogP contribution in [0, 0.1) is 22.0 Å². The largest absolute Gasteiger partial charge is 0.497 e. The average molecular weight is 220 g/mol. The Morgan fingerprint density at radius 2 is 2.31 bits per heavy atom. The van der Waals surface area contributed by atoms with Crippen LogP contribution in [0.3, 0.4) is 0 Å². The zero-order chi connectivity index (χ0) is 12.0. The highest BCUT2D eigenvalue weighted by atomic mass is 16.6. The van der Waals surface area contributed by atoms with Crippen LogP contribution in [0.25, 0.3) is 0 Å². The summed E-state index contributed by atoms with van der Waals surface area (Å²) < 4.78 is 4.92. The second-order valence-corrected chi connectivity index (χ2v) is 2.97. The van der Waals surface area contributed by atoms with Crippen molar-refractivity contribution in [2.75, 3.05) is 20.7 Å². The van der Waals surface area contributed by atoms with Crippen molar-refractivity contribution in [3.63, 3.8) is 0 Å². The second kappa shape index (κ2) is 5.73. The first-order chi connectivity index (χ1) is 7.69. The quantitative estimate of drug-likeness (QED) is 0.472. The molecule has 0 fully saturated rings. The number of hydrogen-bond donors (Lipinski definition) is 1. The topological polar surface area (TPSA) is 64.4 Å². The maximum absolute atomic E-state index is 10.8. The van der Waals surface area contributed by atoms with E-state index in [9.17, 15) is 10.1 Å². The van der Waals surface area contributed by atoms with Crippen LogP contribution >= 0.6 is 0 Å². The number of nitrogens with zero attached hydrogens (tertiary/aromatic N) is 1. The summed E-state index contributed by atoms with van der Waals surface area (Å²) in [6.07, 6.45) is 0. The lowest BCUT2D eigenvalue weighted by molar-refractivity contribution is -0.385. The molecule has 0 amide bonds. The van der Waals surface area contributed by atoms with E-state index in [1.807, 2.05) is 0 Å². The Labute approximate surface area is 93.6 Å². The van der Waals surface area contributed by atoms with Crippen molar-refractivity contribution >= 4 is 5.69 Å². The molecule has 5 nitrogen and oxygen atoms in total. The normalized spacial score (nSPS) is 9.12. The SMILES string of the molecule is CNCC#Cc1ccc(OC)cc1[N+](=O)[O-]. The lowest BCUT2D eigenvalue weighted by Gasteiger charge is -2.00. The first-order valence-electron chi connectivity index (χ1n) is 4.65. The Morgan fingerprint density at radius 1 is 1.56 bits per heavy atom. The van der Waals surface area contributed by atoms with Crippen molar-refractivity contribution in [2.24, 2.45) is 0 Å². The molecule has 0 aliphatic carbocycles. The number of nitro benzene ring substituents is 1. The number of nitrogens with one attached hydrogen (secondary N) is 1. The lowest BCUT2D eigenvalue weighted by atomic mass is 10.2. The van der Waals surface area contributed by atoms with Crippen LogP contribution in [0.5, 0.6) is 5.75 Å². The summed E-state index contributed by atoms with van der Waals surface area (Å²) in [5, 5.41) is 13.6. The van der Waals surface area contributed by atoms with Gasteiger partial charge in [0, 0.05) is 0 Å². The third kappa shape index (κ3) is 2.97. The summed E-state index contributed by atoms with van der Waals surface area (Å²) in [5.74, 6) is 5.96.